The van der Waals surface area contributed by atoms with E-state index in [2.05, 4.69) is 0 Å². The van der Waals surface area contributed by atoms with Crippen LogP contribution in [0, 0.1) is 0 Å². The summed E-state index contributed by atoms with van der Waals surface area (Å²) in [5.41, 5.74) is 0.798. The van der Waals surface area contributed by atoms with Crippen molar-refractivity contribution < 1.29 is 24.1 Å². The van der Waals surface area contributed by atoms with Crippen molar-refractivity contribution in [1.29, 1.82) is 0 Å². The smallest absolute Gasteiger partial charge is 0.328 e. The van der Waals surface area contributed by atoms with Gasteiger partial charge in [0.15, 0.2) is 11.5 Å². The van der Waals surface area contributed by atoms with Gasteiger partial charge in [0.05, 0.1) is 6.61 Å². The molecule has 0 saturated carbocycles. The summed E-state index contributed by atoms with van der Waals surface area (Å²) in [6.45, 7) is 3.30. The number of para-hydroxylation sites is 2. The fraction of sp³-hybridized carbons (Fsp3) is 0.211. The fourth-order valence-corrected chi connectivity index (χ4v) is 2.00. The third-order valence-corrected chi connectivity index (χ3v) is 3.06. The van der Waals surface area contributed by atoms with E-state index in [1.54, 1.807) is 24.3 Å². The highest BCUT2D eigenvalue weighted by atomic mass is 16.5. The topological polar surface area (TPSA) is 65.0 Å². The maximum Gasteiger partial charge on any atom is 0.328 e. The number of carbonyl (C=O) groups is 1. The molecular formula is C19H20O5. The maximum absolute atomic E-state index is 10.5. The van der Waals surface area contributed by atoms with Crippen molar-refractivity contribution in [3.8, 4) is 17.2 Å². The van der Waals surface area contributed by atoms with Crippen LogP contribution in [0.5, 0.6) is 17.2 Å². The average molecular weight is 328 g/mol. The molecule has 5 nitrogen and oxygen atoms in total. The molecular weight excluding hydrogens is 308 g/mol. The lowest BCUT2D eigenvalue weighted by Crippen LogP contribution is -2.09. The van der Waals surface area contributed by atoms with E-state index in [9.17, 15) is 4.79 Å². The third kappa shape index (κ3) is 5.68. The van der Waals surface area contributed by atoms with Gasteiger partial charge in [-0.3, -0.25) is 0 Å². The van der Waals surface area contributed by atoms with E-state index in [1.165, 1.54) is 6.08 Å². The van der Waals surface area contributed by atoms with Crippen molar-refractivity contribution in [2.24, 2.45) is 0 Å². The molecule has 24 heavy (non-hydrogen) atoms. The van der Waals surface area contributed by atoms with Crippen molar-refractivity contribution in [2.75, 3.05) is 19.8 Å². The quantitative estimate of drug-likeness (QED) is 0.562. The van der Waals surface area contributed by atoms with Gasteiger partial charge in [-0.25, -0.2) is 4.79 Å². The van der Waals surface area contributed by atoms with Crippen LogP contribution in [0.1, 0.15) is 12.5 Å². The van der Waals surface area contributed by atoms with E-state index >= 15 is 0 Å². The molecule has 0 aliphatic rings. The Kier molecular flexibility index (Phi) is 6.71. The molecule has 0 aliphatic carbocycles. The molecule has 0 spiro atoms. The average Bonchev–Trinajstić information content (AvgIpc) is 2.59. The summed E-state index contributed by atoms with van der Waals surface area (Å²) in [6.07, 6.45) is 2.62. The number of hydrogen-bond acceptors (Lipinski definition) is 4. The van der Waals surface area contributed by atoms with Gasteiger partial charge in [0.2, 0.25) is 0 Å². The Labute approximate surface area is 141 Å². The summed E-state index contributed by atoms with van der Waals surface area (Å²) in [7, 11) is 0. The van der Waals surface area contributed by atoms with Crippen LogP contribution in [-0.4, -0.2) is 30.9 Å². The molecule has 126 valence electrons. The molecule has 0 aliphatic heterocycles. The van der Waals surface area contributed by atoms with Crippen LogP contribution in [0.25, 0.3) is 6.08 Å². The van der Waals surface area contributed by atoms with Gasteiger partial charge in [-0.05, 0) is 42.8 Å². The highest BCUT2D eigenvalue weighted by molar-refractivity contribution is 5.85. The highest BCUT2D eigenvalue weighted by Crippen LogP contribution is 2.26. The van der Waals surface area contributed by atoms with Gasteiger partial charge in [0.25, 0.3) is 0 Å². The molecule has 0 amide bonds. The lowest BCUT2D eigenvalue weighted by atomic mass is 10.2. The Morgan fingerprint density at radius 1 is 0.958 bits per heavy atom. The Bertz CT molecular complexity index is 676. The minimum Gasteiger partial charge on any atom is -0.490 e. The second-order valence-corrected chi connectivity index (χ2v) is 4.82. The van der Waals surface area contributed by atoms with E-state index in [0.717, 1.165) is 17.4 Å². The number of ether oxygens (including phenoxy) is 3. The molecule has 0 aromatic heterocycles. The van der Waals surface area contributed by atoms with Gasteiger partial charge < -0.3 is 19.3 Å². The van der Waals surface area contributed by atoms with E-state index in [1.807, 2.05) is 31.2 Å². The van der Waals surface area contributed by atoms with Crippen molar-refractivity contribution in [3.63, 3.8) is 0 Å². The molecule has 2 aromatic rings. The van der Waals surface area contributed by atoms with Crippen molar-refractivity contribution in [1.82, 2.24) is 0 Å². The Balaban J connectivity index is 1.79. The Hall–Kier alpha value is -2.95. The molecule has 2 aromatic carbocycles. The van der Waals surface area contributed by atoms with E-state index in [0.29, 0.717) is 31.3 Å². The van der Waals surface area contributed by atoms with E-state index in [-0.39, 0.29) is 0 Å². The summed E-state index contributed by atoms with van der Waals surface area (Å²) in [4.78, 5) is 10.5. The van der Waals surface area contributed by atoms with E-state index in [4.69, 9.17) is 19.3 Å². The van der Waals surface area contributed by atoms with Crippen molar-refractivity contribution >= 4 is 12.0 Å². The molecule has 5 heteroatoms. The zero-order valence-electron chi connectivity index (χ0n) is 13.5. The van der Waals surface area contributed by atoms with Gasteiger partial charge in [-0.2, -0.15) is 0 Å². The van der Waals surface area contributed by atoms with Crippen LogP contribution in [0.15, 0.2) is 54.6 Å². The Morgan fingerprint density at radius 3 is 2.21 bits per heavy atom. The fourth-order valence-electron chi connectivity index (χ4n) is 2.00. The Morgan fingerprint density at radius 2 is 1.58 bits per heavy atom. The summed E-state index contributed by atoms with van der Waals surface area (Å²) in [5, 5.41) is 8.59. The van der Waals surface area contributed by atoms with Gasteiger partial charge in [0, 0.05) is 6.08 Å². The predicted octanol–water partition coefficient (Wildman–Crippen LogP) is 3.64. The number of carboxylic acid groups (broad SMARTS) is 1. The number of rotatable bonds is 9. The predicted molar refractivity (Wildman–Crippen MR) is 91.7 cm³/mol. The molecule has 0 unspecified atom stereocenters. The lowest BCUT2D eigenvalue weighted by molar-refractivity contribution is -0.131. The first-order chi connectivity index (χ1) is 11.7. The zero-order chi connectivity index (χ0) is 17.2. The second kappa shape index (κ2) is 9.25. The highest BCUT2D eigenvalue weighted by Gasteiger charge is 2.03. The summed E-state index contributed by atoms with van der Waals surface area (Å²) < 4.78 is 16.8. The minimum atomic E-state index is -0.972. The third-order valence-electron chi connectivity index (χ3n) is 3.06. The SMILES string of the molecule is CCOc1ccccc1OCCOc1ccc(C=CC(=O)O)cc1. The number of carboxylic acids is 1. The summed E-state index contributed by atoms with van der Waals surface area (Å²) >= 11 is 0. The zero-order valence-corrected chi connectivity index (χ0v) is 13.5. The van der Waals surface area contributed by atoms with Gasteiger partial charge in [-0.15, -0.1) is 0 Å². The molecule has 0 fully saturated rings. The second-order valence-electron chi connectivity index (χ2n) is 4.82. The first kappa shape index (κ1) is 17.4. The van der Waals surface area contributed by atoms with Crippen molar-refractivity contribution in [2.45, 2.75) is 6.92 Å². The summed E-state index contributed by atoms with van der Waals surface area (Å²) in [6, 6.07) is 14.7. The maximum atomic E-state index is 10.5. The van der Waals surface area contributed by atoms with Crippen LogP contribution < -0.4 is 14.2 Å². The van der Waals surface area contributed by atoms with Gasteiger partial charge in [-0.1, -0.05) is 24.3 Å². The molecule has 0 saturated heterocycles. The van der Waals surface area contributed by atoms with Crippen LogP contribution in [-0.2, 0) is 4.79 Å². The van der Waals surface area contributed by atoms with E-state index < -0.39 is 5.97 Å². The monoisotopic (exact) mass is 328 g/mol. The van der Waals surface area contributed by atoms with Crippen LogP contribution in [0.2, 0.25) is 0 Å². The van der Waals surface area contributed by atoms with Gasteiger partial charge >= 0.3 is 5.97 Å². The molecule has 0 bridgehead atoms. The van der Waals surface area contributed by atoms with Crippen LogP contribution in [0.3, 0.4) is 0 Å². The molecule has 1 N–H and O–H groups in total. The largest absolute Gasteiger partial charge is 0.490 e. The minimum absolute atomic E-state index is 0.394. The molecule has 0 atom stereocenters. The first-order valence-electron chi connectivity index (χ1n) is 7.67. The number of hydrogen-bond donors (Lipinski definition) is 1. The summed E-state index contributed by atoms with van der Waals surface area (Å²) in [5.74, 6) is 1.13. The molecule has 0 heterocycles. The molecule has 2 rings (SSSR count). The molecule has 0 radical (unpaired) electrons. The van der Waals surface area contributed by atoms with Crippen LogP contribution >= 0.6 is 0 Å². The normalized spacial score (nSPS) is 10.5. The standard InChI is InChI=1S/C19H20O5/c1-2-22-17-5-3-4-6-18(17)24-14-13-23-16-10-7-15(8-11-16)9-12-19(20)21/h3-12H,2,13-14H2,1H3,(H,20,21). The lowest BCUT2D eigenvalue weighted by Gasteiger charge is -2.12. The number of benzene rings is 2. The van der Waals surface area contributed by atoms with Crippen LogP contribution in [0.4, 0.5) is 0 Å². The van der Waals surface area contributed by atoms with Gasteiger partial charge in [0.1, 0.15) is 19.0 Å². The first-order valence-corrected chi connectivity index (χ1v) is 7.67. The number of aliphatic carboxylic acids is 1. The van der Waals surface area contributed by atoms with Crippen molar-refractivity contribution in [3.05, 3.63) is 60.2 Å².